The Hall–Kier alpha value is 0.623. The molecule has 0 aliphatic rings. The Balaban J connectivity index is 2.69. The second-order valence-electron chi connectivity index (χ2n) is 1.53. The minimum atomic E-state index is 1.28. The summed E-state index contributed by atoms with van der Waals surface area (Å²) in [6.45, 7) is 2.22. The van der Waals surface area contributed by atoms with Gasteiger partial charge in [-0.05, 0) is 0 Å². The molecule has 0 aliphatic carbocycles. The normalized spacial score (nSPS) is 10.6. The third-order valence-electron chi connectivity index (χ3n) is 0.830. The quantitative estimate of drug-likeness (QED) is 0.550. The summed E-state index contributed by atoms with van der Waals surface area (Å²) in [4.78, 5) is 0. The molecule has 0 amide bonds. The predicted octanol–water partition coefficient (Wildman–Crippen LogP) is 1.86. The van der Waals surface area contributed by atoms with Gasteiger partial charge in [0, 0.05) is 0 Å². The molecule has 0 nitrogen and oxygen atoms in total. The molecule has 0 aromatic heterocycles. The van der Waals surface area contributed by atoms with Crippen molar-refractivity contribution in [2.24, 2.45) is 0 Å². The summed E-state index contributed by atoms with van der Waals surface area (Å²) in [7, 11) is 0. The van der Waals surface area contributed by atoms with E-state index in [9.17, 15) is 0 Å². The number of hydrogen-bond donors (Lipinski definition) is 0. The number of unbranched alkanes of at least 4 members (excludes halogenated alkanes) is 2. The third kappa shape index (κ3) is 6.62. The fourth-order valence-electron chi connectivity index (χ4n) is 0.397. The minimum absolute atomic E-state index is 1.28. The van der Waals surface area contributed by atoms with Crippen LogP contribution in [0.1, 0.15) is 26.2 Å². The van der Waals surface area contributed by atoms with E-state index >= 15 is 0 Å². The van der Waals surface area contributed by atoms with Crippen LogP contribution < -0.4 is 0 Å². The standard InChI is InChI=1S/C6H11.Bi/c1-3-5-6-4-2;/h1,3H,4-6H2,2H3;. The first-order chi connectivity index (χ1) is 3.41. The summed E-state index contributed by atoms with van der Waals surface area (Å²) in [5, 5.41) is 0. The molecule has 0 aromatic rings. The molecule has 0 unspecified atom stereocenters. The van der Waals surface area contributed by atoms with Crippen molar-refractivity contribution in [3.05, 3.63) is 9.86 Å². The Morgan fingerprint density at radius 3 is 2.71 bits per heavy atom. The molecule has 7 heavy (non-hydrogen) atoms. The van der Waals surface area contributed by atoms with Gasteiger partial charge in [0.1, 0.15) is 0 Å². The van der Waals surface area contributed by atoms with E-state index in [2.05, 4.69) is 16.8 Å². The van der Waals surface area contributed by atoms with Gasteiger partial charge < -0.3 is 0 Å². The van der Waals surface area contributed by atoms with Crippen molar-refractivity contribution < 1.29 is 0 Å². The van der Waals surface area contributed by atoms with E-state index < -0.39 is 0 Å². The second kappa shape index (κ2) is 6.62. The van der Waals surface area contributed by atoms with Crippen molar-refractivity contribution in [3.8, 4) is 0 Å². The summed E-state index contributed by atoms with van der Waals surface area (Å²) >= 11 is 1.39. The van der Waals surface area contributed by atoms with Crippen LogP contribution >= 0.6 is 0 Å². The molecule has 0 atom stereocenters. The predicted molar refractivity (Wildman–Crippen MR) is 34.4 cm³/mol. The number of rotatable bonds is 3. The fraction of sp³-hybridized carbons (Fsp3) is 0.667. The molecule has 0 aliphatic heterocycles. The van der Waals surface area contributed by atoms with Gasteiger partial charge in [-0.15, -0.1) is 0 Å². The number of allylic oxidation sites excluding steroid dienone is 1. The molecular formula is C6H11Bi. The molecule has 0 saturated heterocycles. The molecule has 0 aromatic carbocycles. The zero-order valence-corrected chi connectivity index (χ0v) is 8.20. The molecule has 0 bridgehead atoms. The van der Waals surface area contributed by atoms with Crippen LogP contribution in [-0.4, -0.2) is 24.7 Å². The van der Waals surface area contributed by atoms with Crippen LogP contribution in [-0.2, 0) is 0 Å². The second-order valence-corrected chi connectivity index (χ2v) is 2.69. The first-order valence-corrected chi connectivity index (χ1v) is 4.71. The van der Waals surface area contributed by atoms with E-state index in [1.165, 1.54) is 44.0 Å². The van der Waals surface area contributed by atoms with E-state index in [1.807, 2.05) is 0 Å². The fourth-order valence-corrected chi connectivity index (χ4v) is 0.976. The molecule has 1 heteroatoms. The van der Waals surface area contributed by atoms with Gasteiger partial charge in [-0.3, -0.25) is 0 Å². The van der Waals surface area contributed by atoms with Crippen molar-refractivity contribution in [2.45, 2.75) is 26.2 Å². The summed E-state index contributed by atoms with van der Waals surface area (Å²) in [6.07, 6.45) is 6.22. The third-order valence-corrected chi connectivity index (χ3v) is 1.65. The molecule has 0 rings (SSSR count). The first kappa shape index (κ1) is 7.62. The van der Waals surface area contributed by atoms with Crippen LogP contribution in [0.5, 0.6) is 0 Å². The van der Waals surface area contributed by atoms with Crippen LogP contribution in [0.15, 0.2) is 9.86 Å². The molecule has 0 heterocycles. The summed E-state index contributed by atoms with van der Waals surface area (Å²) < 4.78 is 2.22. The Morgan fingerprint density at radius 1 is 1.57 bits per heavy atom. The van der Waals surface area contributed by atoms with E-state index in [1.54, 1.807) is 0 Å². The van der Waals surface area contributed by atoms with Gasteiger partial charge in [-0.25, -0.2) is 0 Å². The SMILES string of the molecule is CCCCC=[CH][Bi]. The van der Waals surface area contributed by atoms with Crippen LogP contribution in [0, 0.1) is 0 Å². The van der Waals surface area contributed by atoms with Crippen LogP contribution in [0.25, 0.3) is 0 Å². The first-order valence-electron chi connectivity index (χ1n) is 2.71. The van der Waals surface area contributed by atoms with E-state index in [0.29, 0.717) is 0 Å². The van der Waals surface area contributed by atoms with Gasteiger partial charge in [0.2, 0.25) is 0 Å². The molecule has 40 valence electrons. The Labute approximate surface area is 60.8 Å². The van der Waals surface area contributed by atoms with Gasteiger partial charge in [-0.1, -0.05) is 0 Å². The van der Waals surface area contributed by atoms with Gasteiger partial charge in [-0.2, -0.15) is 0 Å². The Morgan fingerprint density at radius 2 is 2.29 bits per heavy atom. The van der Waals surface area contributed by atoms with Gasteiger partial charge in [0.05, 0.1) is 0 Å². The van der Waals surface area contributed by atoms with Crippen molar-refractivity contribution in [3.63, 3.8) is 0 Å². The molecule has 0 N–H and O–H groups in total. The average Bonchev–Trinajstić information content (AvgIpc) is 1.69. The molecule has 0 saturated carbocycles. The zero-order chi connectivity index (χ0) is 5.54. The van der Waals surface area contributed by atoms with E-state index in [-0.39, 0.29) is 0 Å². The van der Waals surface area contributed by atoms with Crippen LogP contribution in [0.3, 0.4) is 0 Å². The van der Waals surface area contributed by atoms with E-state index in [0.717, 1.165) is 0 Å². The van der Waals surface area contributed by atoms with Gasteiger partial charge in [0.25, 0.3) is 0 Å². The van der Waals surface area contributed by atoms with Gasteiger partial charge in [0.15, 0.2) is 0 Å². The van der Waals surface area contributed by atoms with Crippen LogP contribution in [0.2, 0.25) is 0 Å². The Kier molecular flexibility index (Phi) is 7.21. The van der Waals surface area contributed by atoms with E-state index in [4.69, 9.17) is 0 Å². The molecule has 0 spiro atoms. The maximum atomic E-state index is 2.26. The van der Waals surface area contributed by atoms with Crippen molar-refractivity contribution >= 4 is 24.7 Å². The summed E-state index contributed by atoms with van der Waals surface area (Å²) in [5.74, 6) is 0. The van der Waals surface area contributed by atoms with Crippen molar-refractivity contribution in [2.75, 3.05) is 0 Å². The van der Waals surface area contributed by atoms with Crippen molar-refractivity contribution in [1.29, 1.82) is 0 Å². The molecular weight excluding hydrogens is 281 g/mol. The molecule has 2 radical (unpaired) electrons. The molecule has 0 fully saturated rings. The Bertz CT molecular complexity index is 48.1. The van der Waals surface area contributed by atoms with Crippen molar-refractivity contribution in [1.82, 2.24) is 0 Å². The maximum absolute atomic E-state index is 2.26. The zero-order valence-electron chi connectivity index (χ0n) is 4.72. The average molecular weight is 292 g/mol. The van der Waals surface area contributed by atoms with Gasteiger partial charge >= 0.3 is 60.8 Å². The number of hydrogen-bond acceptors (Lipinski definition) is 0. The topological polar surface area (TPSA) is 0 Å². The summed E-state index contributed by atoms with van der Waals surface area (Å²) in [5.41, 5.74) is 0. The summed E-state index contributed by atoms with van der Waals surface area (Å²) in [6, 6.07) is 0. The monoisotopic (exact) mass is 292 g/mol. The van der Waals surface area contributed by atoms with Crippen LogP contribution in [0.4, 0.5) is 0 Å².